The van der Waals surface area contributed by atoms with Gasteiger partial charge in [0.05, 0.1) is 12.6 Å². The minimum atomic E-state index is 0.829. The van der Waals surface area contributed by atoms with Crippen molar-refractivity contribution in [1.29, 1.82) is 0 Å². The highest BCUT2D eigenvalue weighted by Crippen LogP contribution is 2.17. The van der Waals surface area contributed by atoms with E-state index in [1.165, 1.54) is 0 Å². The summed E-state index contributed by atoms with van der Waals surface area (Å²) in [5.74, 6) is 0.829. The maximum Gasteiger partial charge on any atom is 0.121 e. The third kappa shape index (κ3) is 0.941. The fourth-order valence-corrected chi connectivity index (χ4v) is 0.989. The molecule has 0 fully saturated rings. The van der Waals surface area contributed by atoms with Crippen molar-refractivity contribution in [2.45, 2.75) is 0 Å². The second-order valence-electron chi connectivity index (χ2n) is 2.25. The molecule has 0 spiro atoms. The fraction of sp³-hybridized carbons (Fsp3) is 0.125. The lowest BCUT2D eigenvalue weighted by molar-refractivity contribution is 0.415. The molecule has 0 amide bonds. The lowest BCUT2D eigenvalue weighted by Crippen LogP contribution is -1.80. The second-order valence-corrected chi connectivity index (χ2v) is 2.25. The largest absolute Gasteiger partial charge is 0.497 e. The molecule has 55 valence electrons. The molecule has 0 aliphatic rings. The number of hydrogen-bond acceptors (Lipinski definition) is 2. The van der Waals surface area contributed by atoms with E-state index in [1.807, 2.05) is 18.2 Å². The van der Waals surface area contributed by atoms with Crippen molar-refractivity contribution in [2.24, 2.45) is 0 Å². The highest BCUT2D eigenvalue weighted by atomic mass is 16.5. The van der Waals surface area contributed by atoms with Gasteiger partial charge in [-0.15, -0.1) is 0 Å². The molecular weight excluding hydrogens is 140 g/mol. The van der Waals surface area contributed by atoms with Crippen LogP contribution in [0, 0.1) is 6.20 Å². The summed E-state index contributed by atoms with van der Waals surface area (Å²) in [6.07, 6.45) is 2.81. The molecule has 0 aliphatic heterocycles. The molecule has 1 radical (unpaired) electrons. The van der Waals surface area contributed by atoms with E-state index >= 15 is 0 Å². The highest BCUT2D eigenvalue weighted by Gasteiger charge is 1.96. The maximum atomic E-state index is 5.03. The summed E-state index contributed by atoms with van der Waals surface area (Å²) in [4.78, 5) is 0. The average molecular weight is 147 g/mol. The number of rotatable bonds is 1. The second kappa shape index (κ2) is 2.27. The molecule has 0 saturated heterocycles. The Morgan fingerprint density at radius 1 is 1.55 bits per heavy atom. The van der Waals surface area contributed by atoms with Crippen LogP contribution < -0.4 is 4.74 Å². The van der Waals surface area contributed by atoms with E-state index in [-0.39, 0.29) is 0 Å². The monoisotopic (exact) mass is 147 g/mol. The Balaban J connectivity index is 2.67. The van der Waals surface area contributed by atoms with Gasteiger partial charge in [0.2, 0.25) is 0 Å². The number of methoxy groups -OCH3 is 1. The normalized spacial score (nSPS) is 10.3. The number of H-pyrrole nitrogens is 1. The molecule has 0 saturated carbocycles. The van der Waals surface area contributed by atoms with Gasteiger partial charge in [-0.05, 0) is 18.2 Å². The van der Waals surface area contributed by atoms with Crippen LogP contribution in [-0.4, -0.2) is 17.3 Å². The summed E-state index contributed by atoms with van der Waals surface area (Å²) < 4.78 is 5.03. The molecule has 1 aromatic carbocycles. The van der Waals surface area contributed by atoms with E-state index < -0.39 is 0 Å². The molecule has 1 N–H and O–H groups in total. The van der Waals surface area contributed by atoms with Crippen LogP contribution in [0.1, 0.15) is 0 Å². The predicted molar refractivity (Wildman–Crippen MR) is 41.5 cm³/mol. The standard InChI is InChI=1S/C8H7N2O/c1-11-7-2-3-8-6(4-7)5-9-10-8/h2-4H,1H3,(H,9,10). The lowest BCUT2D eigenvalue weighted by atomic mass is 10.2. The lowest BCUT2D eigenvalue weighted by Gasteiger charge is -1.96. The first-order valence-corrected chi connectivity index (χ1v) is 3.30. The molecule has 0 aliphatic carbocycles. The van der Waals surface area contributed by atoms with Crippen molar-refractivity contribution in [1.82, 2.24) is 10.2 Å². The predicted octanol–water partition coefficient (Wildman–Crippen LogP) is 1.37. The Morgan fingerprint density at radius 2 is 2.45 bits per heavy atom. The summed E-state index contributed by atoms with van der Waals surface area (Å²) in [6, 6.07) is 5.69. The first kappa shape index (κ1) is 6.22. The van der Waals surface area contributed by atoms with Gasteiger partial charge in [-0.2, -0.15) is 5.10 Å². The molecule has 3 heteroatoms. The van der Waals surface area contributed by atoms with E-state index in [4.69, 9.17) is 4.74 Å². The molecule has 0 unspecified atom stereocenters. The Morgan fingerprint density at radius 3 is 3.27 bits per heavy atom. The van der Waals surface area contributed by atoms with Crippen LogP contribution >= 0.6 is 0 Å². The molecule has 2 aromatic rings. The van der Waals surface area contributed by atoms with Crippen LogP contribution in [0.2, 0.25) is 0 Å². The Bertz CT molecular complexity index is 367. The van der Waals surface area contributed by atoms with Gasteiger partial charge in [-0.25, -0.2) is 0 Å². The van der Waals surface area contributed by atoms with E-state index in [9.17, 15) is 0 Å². The van der Waals surface area contributed by atoms with Crippen LogP contribution in [0.15, 0.2) is 18.2 Å². The van der Waals surface area contributed by atoms with Gasteiger partial charge >= 0.3 is 0 Å². The highest BCUT2D eigenvalue weighted by molar-refractivity contribution is 5.78. The minimum Gasteiger partial charge on any atom is -0.497 e. The zero-order valence-corrected chi connectivity index (χ0v) is 6.09. The van der Waals surface area contributed by atoms with Crippen molar-refractivity contribution >= 4 is 10.9 Å². The smallest absolute Gasteiger partial charge is 0.121 e. The number of benzene rings is 1. The average Bonchev–Trinajstić information content (AvgIpc) is 2.50. The zero-order chi connectivity index (χ0) is 7.68. The van der Waals surface area contributed by atoms with Crippen molar-refractivity contribution in [2.75, 3.05) is 7.11 Å². The molecule has 0 atom stereocenters. The van der Waals surface area contributed by atoms with Crippen LogP contribution in [0.3, 0.4) is 0 Å². The fourth-order valence-electron chi connectivity index (χ4n) is 0.989. The molecule has 0 bridgehead atoms. The van der Waals surface area contributed by atoms with Crippen LogP contribution in [0.4, 0.5) is 0 Å². The van der Waals surface area contributed by atoms with E-state index in [1.54, 1.807) is 7.11 Å². The number of hydrogen-bond donors (Lipinski definition) is 1. The first-order valence-electron chi connectivity index (χ1n) is 3.30. The Hall–Kier alpha value is -1.51. The molecule has 1 heterocycles. The van der Waals surface area contributed by atoms with Crippen molar-refractivity contribution in [3.8, 4) is 5.75 Å². The molecule has 1 aromatic heterocycles. The maximum absolute atomic E-state index is 5.03. The first-order chi connectivity index (χ1) is 5.40. The Kier molecular flexibility index (Phi) is 1.28. The van der Waals surface area contributed by atoms with Crippen LogP contribution in [0.5, 0.6) is 5.75 Å². The summed E-state index contributed by atoms with van der Waals surface area (Å²) in [5.41, 5.74) is 0.978. The summed E-state index contributed by atoms with van der Waals surface area (Å²) >= 11 is 0. The van der Waals surface area contributed by atoms with Gasteiger partial charge in [0.25, 0.3) is 0 Å². The van der Waals surface area contributed by atoms with Crippen molar-refractivity contribution in [3.05, 3.63) is 24.4 Å². The van der Waals surface area contributed by atoms with Crippen molar-refractivity contribution < 1.29 is 4.74 Å². The van der Waals surface area contributed by atoms with Crippen LogP contribution in [0.25, 0.3) is 10.9 Å². The summed E-state index contributed by atoms with van der Waals surface area (Å²) in [7, 11) is 1.64. The summed E-state index contributed by atoms with van der Waals surface area (Å²) in [6.45, 7) is 0. The number of aromatic amines is 1. The van der Waals surface area contributed by atoms with E-state index in [2.05, 4.69) is 16.4 Å². The zero-order valence-electron chi connectivity index (χ0n) is 6.09. The van der Waals surface area contributed by atoms with Gasteiger partial charge in [0.15, 0.2) is 0 Å². The van der Waals surface area contributed by atoms with Gasteiger partial charge in [0.1, 0.15) is 11.9 Å². The van der Waals surface area contributed by atoms with Gasteiger partial charge < -0.3 is 4.74 Å². The summed E-state index contributed by atoms with van der Waals surface area (Å²) in [5, 5.41) is 7.53. The van der Waals surface area contributed by atoms with E-state index in [0.717, 1.165) is 16.7 Å². The Labute approximate surface area is 64.0 Å². The van der Waals surface area contributed by atoms with Gasteiger partial charge in [-0.3, -0.25) is 5.10 Å². The minimum absolute atomic E-state index is 0.829. The number of aromatic nitrogens is 2. The molecule has 11 heavy (non-hydrogen) atoms. The topological polar surface area (TPSA) is 37.9 Å². The molecule has 3 nitrogen and oxygen atoms in total. The molecule has 2 rings (SSSR count). The number of nitrogens with zero attached hydrogens (tertiary/aromatic N) is 1. The number of nitrogens with one attached hydrogen (secondary N) is 1. The third-order valence-corrected chi connectivity index (χ3v) is 1.58. The SMILES string of the molecule is COc1ccc2[nH]n[c]c2c1. The third-order valence-electron chi connectivity index (χ3n) is 1.58. The quantitative estimate of drug-likeness (QED) is 0.661. The molecular formula is C8H7N2O. The number of fused-ring (bicyclic) bond motifs is 1. The van der Waals surface area contributed by atoms with E-state index in [0.29, 0.717) is 0 Å². The van der Waals surface area contributed by atoms with Gasteiger partial charge in [0, 0.05) is 5.39 Å². The number of ether oxygens (including phenoxy) is 1. The van der Waals surface area contributed by atoms with Crippen molar-refractivity contribution in [3.63, 3.8) is 0 Å². The van der Waals surface area contributed by atoms with Crippen LogP contribution in [-0.2, 0) is 0 Å². The van der Waals surface area contributed by atoms with Gasteiger partial charge in [-0.1, -0.05) is 0 Å².